The van der Waals surface area contributed by atoms with Crippen molar-refractivity contribution in [1.29, 1.82) is 0 Å². The molecule has 0 amide bonds. The van der Waals surface area contributed by atoms with Crippen LogP contribution in [0.5, 0.6) is 5.75 Å². The second kappa shape index (κ2) is 6.70. The van der Waals surface area contributed by atoms with E-state index >= 15 is 0 Å². The minimum absolute atomic E-state index is 0.0524. The van der Waals surface area contributed by atoms with Gasteiger partial charge in [-0.3, -0.25) is 4.79 Å². The first-order valence-corrected chi connectivity index (χ1v) is 9.42. The van der Waals surface area contributed by atoms with Gasteiger partial charge in [-0.25, -0.2) is 15.0 Å². The summed E-state index contributed by atoms with van der Waals surface area (Å²) in [4.78, 5) is 28.1. The Hall–Kier alpha value is -3.74. The van der Waals surface area contributed by atoms with E-state index in [1.54, 1.807) is 13.1 Å². The Balaban J connectivity index is 1.46. The quantitative estimate of drug-likeness (QED) is 0.523. The number of nitrogens with one attached hydrogen (secondary N) is 1. The zero-order valence-electron chi connectivity index (χ0n) is 15.8. The lowest BCUT2D eigenvalue weighted by Crippen LogP contribution is -2.20. The molecule has 7 heteroatoms. The van der Waals surface area contributed by atoms with Gasteiger partial charge in [-0.15, -0.1) is 0 Å². The summed E-state index contributed by atoms with van der Waals surface area (Å²) in [6, 6.07) is 13.4. The van der Waals surface area contributed by atoms with Crippen LogP contribution < -0.4 is 10.5 Å². The summed E-state index contributed by atoms with van der Waals surface area (Å²) in [6.07, 6.45) is 2.41. The average molecular weight is 385 g/mol. The number of Topliss-reactive ketones (excluding diaryl/α,β-unsaturated/α-hetero) is 1. The van der Waals surface area contributed by atoms with Gasteiger partial charge in [0.2, 0.25) is 5.95 Å². The molecule has 29 heavy (non-hydrogen) atoms. The van der Waals surface area contributed by atoms with Crippen LogP contribution in [0.1, 0.15) is 34.6 Å². The highest BCUT2D eigenvalue weighted by Gasteiger charge is 2.24. The molecular formula is C22H19N5O2. The number of H-pyrrole nitrogens is 1. The maximum atomic E-state index is 11.7. The van der Waals surface area contributed by atoms with Crippen LogP contribution in [0.3, 0.4) is 0 Å². The van der Waals surface area contributed by atoms with E-state index < -0.39 is 0 Å². The fourth-order valence-electron chi connectivity index (χ4n) is 3.70. The summed E-state index contributed by atoms with van der Waals surface area (Å²) < 4.78 is 5.93. The van der Waals surface area contributed by atoms with Crippen molar-refractivity contribution in [2.24, 2.45) is 0 Å². The monoisotopic (exact) mass is 385 g/mol. The SMILES string of the molecule is CC(=O)c1ccc2c(c1)CC(c1nc3cc(-c4ccnc(N)n4)ccc3[nH]1)CO2. The summed E-state index contributed by atoms with van der Waals surface area (Å²) in [6.45, 7) is 2.12. The lowest BCUT2D eigenvalue weighted by Gasteiger charge is -2.24. The van der Waals surface area contributed by atoms with Gasteiger partial charge in [0.25, 0.3) is 0 Å². The van der Waals surface area contributed by atoms with E-state index in [9.17, 15) is 4.79 Å². The third kappa shape index (κ3) is 3.20. The third-order valence-electron chi connectivity index (χ3n) is 5.23. The highest BCUT2D eigenvalue weighted by molar-refractivity contribution is 5.94. The fraction of sp³-hybridized carbons (Fsp3) is 0.182. The number of hydrogen-bond donors (Lipinski definition) is 2. The van der Waals surface area contributed by atoms with Crippen LogP contribution in [0.25, 0.3) is 22.3 Å². The minimum Gasteiger partial charge on any atom is -0.493 e. The molecule has 5 rings (SSSR count). The number of nitrogens with two attached hydrogens (primary N) is 1. The molecule has 1 aliphatic heterocycles. The Labute approximate surface area is 167 Å². The Bertz CT molecular complexity index is 1250. The molecule has 3 heterocycles. The number of aromatic amines is 1. The molecule has 0 saturated heterocycles. The molecule has 2 aromatic heterocycles. The van der Waals surface area contributed by atoms with Crippen LogP contribution in [-0.2, 0) is 6.42 Å². The number of fused-ring (bicyclic) bond motifs is 2. The van der Waals surface area contributed by atoms with Crippen molar-refractivity contribution in [2.75, 3.05) is 12.3 Å². The van der Waals surface area contributed by atoms with Crippen molar-refractivity contribution >= 4 is 22.8 Å². The smallest absolute Gasteiger partial charge is 0.220 e. The number of ether oxygens (including phenoxy) is 1. The predicted octanol–water partition coefficient (Wildman–Crippen LogP) is 3.52. The van der Waals surface area contributed by atoms with Crippen molar-refractivity contribution in [3.8, 4) is 17.0 Å². The Morgan fingerprint density at radius 3 is 2.90 bits per heavy atom. The second-order valence-electron chi connectivity index (χ2n) is 7.24. The highest BCUT2D eigenvalue weighted by atomic mass is 16.5. The summed E-state index contributed by atoms with van der Waals surface area (Å²) in [5, 5.41) is 0. The van der Waals surface area contributed by atoms with E-state index in [1.165, 1.54) is 0 Å². The highest BCUT2D eigenvalue weighted by Crippen LogP contribution is 2.33. The number of hydrogen-bond acceptors (Lipinski definition) is 6. The largest absolute Gasteiger partial charge is 0.493 e. The standard InChI is InChI=1S/C22H19N5O2/c1-12(28)13-3-5-20-15(8-13)9-16(11-29-20)21-25-18-4-2-14(10-19(18)26-21)17-6-7-24-22(23)27-17/h2-8,10,16H,9,11H2,1H3,(H,25,26)(H2,23,24,27). The lowest BCUT2D eigenvalue weighted by molar-refractivity contribution is 0.101. The van der Waals surface area contributed by atoms with Crippen molar-refractivity contribution in [1.82, 2.24) is 19.9 Å². The Morgan fingerprint density at radius 1 is 1.17 bits per heavy atom. The number of carbonyl (C=O) groups is 1. The van der Waals surface area contributed by atoms with E-state index in [4.69, 9.17) is 15.5 Å². The first kappa shape index (κ1) is 17.4. The van der Waals surface area contributed by atoms with Crippen molar-refractivity contribution in [3.63, 3.8) is 0 Å². The van der Waals surface area contributed by atoms with Crippen LogP contribution in [0.15, 0.2) is 48.7 Å². The van der Waals surface area contributed by atoms with E-state index in [2.05, 4.69) is 15.0 Å². The first-order valence-electron chi connectivity index (χ1n) is 9.42. The molecule has 0 saturated carbocycles. The topological polar surface area (TPSA) is 107 Å². The zero-order chi connectivity index (χ0) is 20.0. The minimum atomic E-state index is 0.0524. The van der Waals surface area contributed by atoms with Gasteiger partial charge in [0.15, 0.2) is 5.78 Å². The van der Waals surface area contributed by atoms with Gasteiger partial charge < -0.3 is 15.5 Å². The molecule has 144 valence electrons. The van der Waals surface area contributed by atoms with Crippen molar-refractivity contribution in [3.05, 3.63) is 65.6 Å². The molecule has 0 aliphatic carbocycles. The van der Waals surface area contributed by atoms with Crippen molar-refractivity contribution in [2.45, 2.75) is 19.3 Å². The summed E-state index contributed by atoms with van der Waals surface area (Å²) in [5.74, 6) is 2.10. The van der Waals surface area contributed by atoms with E-state index in [1.807, 2.05) is 42.5 Å². The van der Waals surface area contributed by atoms with Crippen molar-refractivity contribution < 1.29 is 9.53 Å². The van der Waals surface area contributed by atoms with Crippen LogP contribution in [0.2, 0.25) is 0 Å². The summed E-state index contributed by atoms with van der Waals surface area (Å²) >= 11 is 0. The molecule has 0 bridgehead atoms. The van der Waals surface area contributed by atoms with Gasteiger partial charge in [-0.1, -0.05) is 6.07 Å². The molecule has 0 fully saturated rings. The molecule has 4 aromatic rings. The number of rotatable bonds is 3. The van der Waals surface area contributed by atoms with Gasteiger partial charge in [0.1, 0.15) is 11.6 Å². The van der Waals surface area contributed by atoms with Gasteiger partial charge in [0, 0.05) is 17.3 Å². The van der Waals surface area contributed by atoms with Crippen LogP contribution in [0.4, 0.5) is 5.95 Å². The molecule has 1 aliphatic rings. The zero-order valence-corrected chi connectivity index (χ0v) is 15.8. The molecule has 0 radical (unpaired) electrons. The molecule has 1 unspecified atom stereocenters. The van der Waals surface area contributed by atoms with Crippen LogP contribution in [0, 0.1) is 0 Å². The lowest BCUT2D eigenvalue weighted by atomic mass is 9.94. The van der Waals surface area contributed by atoms with Gasteiger partial charge in [-0.05, 0) is 55.3 Å². The number of aromatic nitrogens is 4. The van der Waals surface area contributed by atoms with Gasteiger partial charge in [0.05, 0.1) is 29.3 Å². The molecule has 1 atom stereocenters. The maximum absolute atomic E-state index is 11.7. The number of anilines is 1. The molecule has 3 N–H and O–H groups in total. The number of nitrogens with zero attached hydrogens (tertiary/aromatic N) is 3. The maximum Gasteiger partial charge on any atom is 0.220 e. The first-order chi connectivity index (χ1) is 14.1. The van der Waals surface area contributed by atoms with Gasteiger partial charge >= 0.3 is 0 Å². The molecular weight excluding hydrogens is 366 g/mol. The van der Waals surface area contributed by atoms with E-state index in [0.717, 1.165) is 45.8 Å². The fourth-order valence-corrected chi connectivity index (χ4v) is 3.70. The van der Waals surface area contributed by atoms with Crippen LogP contribution >= 0.6 is 0 Å². The average Bonchev–Trinajstić information content (AvgIpc) is 3.16. The molecule has 7 nitrogen and oxygen atoms in total. The number of imidazole rings is 1. The number of benzene rings is 2. The number of ketones is 1. The predicted molar refractivity (Wildman–Crippen MR) is 110 cm³/mol. The summed E-state index contributed by atoms with van der Waals surface area (Å²) in [5.41, 5.74) is 10.9. The van der Waals surface area contributed by atoms with Crippen LogP contribution in [-0.4, -0.2) is 32.3 Å². The second-order valence-corrected chi connectivity index (χ2v) is 7.24. The van der Waals surface area contributed by atoms with E-state index in [0.29, 0.717) is 12.2 Å². The Morgan fingerprint density at radius 2 is 2.07 bits per heavy atom. The molecule has 0 spiro atoms. The normalized spacial score (nSPS) is 15.7. The number of carbonyl (C=O) groups excluding carboxylic acids is 1. The third-order valence-corrected chi connectivity index (χ3v) is 5.23. The number of nitrogen functional groups attached to an aromatic ring is 1. The molecule has 2 aromatic carbocycles. The van der Waals surface area contributed by atoms with Gasteiger partial charge in [-0.2, -0.15) is 0 Å². The summed E-state index contributed by atoms with van der Waals surface area (Å²) in [7, 11) is 0. The Kier molecular flexibility index (Phi) is 4.01. The van der Waals surface area contributed by atoms with E-state index in [-0.39, 0.29) is 17.6 Å².